The van der Waals surface area contributed by atoms with Crippen LogP contribution in [0, 0.1) is 10.1 Å². The number of fused-ring (bicyclic) bond motifs is 1. The van der Waals surface area contributed by atoms with E-state index >= 15 is 0 Å². The van der Waals surface area contributed by atoms with E-state index in [4.69, 9.17) is 0 Å². The smallest absolute Gasteiger partial charge is 0.270 e. The molecule has 0 N–H and O–H groups in total. The van der Waals surface area contributed by atoms with Crippen molar-refractivity contribution in [3.05, 3.63) is 52.6 Å². The molecule has 26 heavy (non-hydrogen) atoms. The molecule has 2 aromatic carbocycles. The lowest BCUT2D eigenvalue weighted by molar-refractivity contribution is -0.384. The SMILES string of the molecule is CCCN(CC)c1ccc(N=Nc2nc3ccc([N+](=O)[O-])cc3s2)cc1. The van der Waals surface area contributed by atoms with Gasteiger partial charge in [0.1, 0.15) is 0 Å². The van der Waals surface area contributed by atoms with Gasteiger partial charge in [0.2, 0.25) is 5.13 Å². The number of nitro benzene ring substituents is 1. The molecule has 0 aliphatic carbocycles. The Morgan fingerprint density at radius 2 is 1.92 bits per heavy atom. The highest BCUT2D eigenvalue weighted by atomic mass is 32.1. The van der Waals surface area contributed by atoms with Crippen LogP contribution in [-0.4, -0.2) is 23.0 Å². The van der Waals surface area contributed by atoms with Gasteiger partial charge in [0.15, 0.2) is 0 Å². The number of non-ortho nitro benzene ring substituents is 1. The first-order valence-corrected chi connectivity index (χ1v) is 9.24. The van der Waals surface area contributed by atoms with Crippen molar-refractivity contribution in [1.82, 2.24) is 4.98 Å². The van der Waals surface area contributed by atoms with E-state index in [9.17, 15) is 10.1 Å². The van der Waals surface area contributed by atoms with E-state index in [1.807, 2.05) is 24.3 Å². The first-order chi connectivity index (χ1) is 12.6. The van der Waals surface area contributed by atoms with E-state index in [2.05, 4.69) is 34.0 Å². The zero-order valence-corrected chi connectivity index (χ0v) is 15.4. The van der Waals surface area contributed by atoms with Gasteiger partial charge in [0, 0.05) is 30.9 Å². The van der Waals surface area contributed by atoms with E-state index in [1.54, 1.807) is 6.07 Å². The number of benzene rings is 2. The quantitative estimate of drug-likeness (QED) is 0.297. The molecule has 3 aromatic rings. The summed E-state index contributed by atoms with van der Waals surface area (Å²) in [6.07, 6.45) is 1.10. The van der Waals surface area contributed by atoms with Crippen molar-refractivity contribution in [2.24, 2.45) is 10.2 Å². The van der Waals surface area contributed by atoms with Gasteiger partial charge in [-0.15, -0.1) is 10.2 Å². The maximum absolute atomic E-state index is 10.8. The first-order valence-electron chi connectivity index (χ1n) is 8.42. The molecule has 0 spiro atoms. The van der Waals surface area contributed by atoms with Crippen molar-refractivity contribution in [2.75, 3.05) is 18.0 Å². The lowest BCUT2D eigenvalue weighted by Gasteiger charge is -2.22. The molecule has 0 saturated carbocycles. The number of azo groups is 1. The summed E-state index contributed by atoms with van der Waals surface area (Å²) in [5.41, 5.74) is 2.64. The molecule has 0 radical (unpaired) electrons. The highest BCUT2D eigenvalue weighted by Gasteiger charge is 2.10. The van der Waals surface area contributed by atoms with Crippen LogP contribution >= 0.6 is 11.3 Å². The van der Waals surface area contributed by atoms with Gasteiger partial charge in [-0.05, 0) is 43.7 Å². The van der Waals surface area contributed by atoms with Gasteiger partial charge in [-0.25, -0.2) is 4.98 Å². The summed E-state index contributed by atoms with van der Waals surface area (Å²) >= 11 is 1.28. The third-order valence-corrected chi connectivity index (χ3v) is 4.82. The predicted octanol–water partition coefficient (Wildman–Crippen LogP) is 5.86. The minimum atomic E-state index is -0.417. The maximum Gasteiger partial charge on any atom is 0.270 e. The molecule has 0 saturated heterocycles. The van der Waals surface area contributed by atoms with Crippen LogP contribution in [0.15, 0.2) is 52.7 Å². The van der Waals surface area contributed by atoms with Gasteiger partial charge < -0.3 is 4.90 Å². The summed E-state index contributed by atoms with van der Waals surface area (Å²) in [6, 6.07) is 12.5. The highest BCUT2D eigenvalue weighted by molar-refractivity contribution is 7.21. The molecule has 8 heteroatoms. The number of anilines is 1. The van der Waals surface area contributed by atoms with E-state index in [0.717, 1.165) is 29.9 Å². The van der Waals surface area contributed by atoms with Crippen LogP contribution < -0.4 is 4.90 Å². The lowest BCUT2D eigenvalue weighted by atomic mass is 10.2. The Hall–Kier alpha value is -2.87. The molecule has 1 heterocycles. The van der Waals surface area contributed by atoms with Crippen LogP contribution in [0.1, 0.15) is 20.3 Å². The summed E-state index contributed by atoms with van der Waals surface area (Å²) in [4.78, 5) is 17.1. The maximum atomic E-state index is 10.8. The normalized spacial score (nSPS) is 11.3. The monoisotopic (exact) mass is 369 g/mol. The molecule has 0 fully saturated rings. The van der Waals surface area contributed by atoms with Crippen molar-refractivity contribution in [3.63, 3.8) is 0 Å². The molecule has 3 rings (SSSR count). The van der Waals surface area contributed by atoms with Crippen LogP contribution in [0.25, 0.3) is 10.2 Å². The third-order valence-electron chi connectivity index (χ3n) is 3.91. The van der Waals surface area contributed by atoms with Crippen molar-refractivity contribution >= 4 is 43.7 Å². The summed E-state index contributed by atoms with van der Waals surface area (Å²) in [5.74, 6) is 0. The Bertz CT molecular complexity index is 936. The number of hydrogen-bond donors (Lipinski definition) is 0. The van der Waals surface area contributed by atoms with E-state index in [1.165, 1.54) is 29.2 Å². The fourth-order valence-corrected chi connectivity index (χ4v) is 3.45. The largest absolute Gasteiger partial charge is 0.372 e. The summed E-state index contributed by atoms with van der Waals surface area (Å²) < 4.78 is 0.724. The second-order valence-corrected chi connectivity index (χ2v) is 6.71. The third kappa shape index (κ3) is 4.02. The minimum absolute atomic E-state index is 0.0489. The Balaban J connectivity index is 1.77. The van der Waals surface area contributed by atoms with Gasteiger partial charge in [-0.3, -0.25) is 10.1 Å². The molecule has 0 aliphatic heterocycles. The van der Waals surface area contributed by atoms with Crippen LogP contribution in [0.3, 0.4) is 0 Å². The van der Waals surface area contributed by atoms with Gasteiger partial charge >= 0.3 is 0 Å². The van der Waals surface area contributed by atoms with Gasteiger partial charge in [-0.1, -0.05) is 18.3 Å². The molecule has 0 atom stereocenters. The number of hydrogen-bond acceptors (Lipinski definition) is 7. The van der Waals surface area contributed by atoms with Crippen LogP contribution in [0.4, 0.5) is 22.2 Å². The predicted molar refractivity (Wildman–Crippen MR) is 105 cm³/mol. The molecular weight excluding hydrogens is 350 g/mol. The number of rotatable bonds is 7. The van der Waals surface area contributed by atoms with Crippen LogP contribution in [0.2, 0.25) is 0 Å². The van der Waals surface area contributed by atoms with Crippen molar-refractivity contribution < 1.29 is 4.92 Å². The molecule has 0 aliphatic rings. The van der Waals surface area contributed by atoms with Crippen molar-refractivity contribution in [2.45, 2.75) is 20.3 Å². The molecular formula is C18H19N5O2S. The zero-order valence-electron chi connectivity index (χ0n) is 14.6. The van der Waals surface area contributed by atoms with Crippen molar-refractivity contribution in [3.8, 4) is 0 Å². The minimum Gasteiger partial charge on any atom is -0.372 e. The fourth-order valence-electron chi connectivity index (χ4n) is 2.63. The molecule has 0 amide bonds. The highest BCUT2D eigenvalue weighted by Crippen LogP contribution is 2.32. The lowest BCUT2D eigenvalue weighted by Crippen LogP contribution is -2.23. The van der Waals surface area contributed by atoms with Gasteiger partial charge in [-0.2, -0.15) is 0 Å². The molecule has 134 valence electrons. The summed E-state index contributed by atoms with van der Waals surface area (Å²) in [7, 11) is 0. The Kier molecular flexibility index (Phi) is 5.52. The standard InChI is InChI=1S/C18H19N5O2S/c1-3-11-22(4-2)14-7-5-13(6-8-14)20-21-18-19-16-10-9-15(23(24)25)12-17(16)26-18/h5-10,12H,3-4,11H2,1-2H3. The Morgan fingerprint density at radius 1 is 1.15 bits per heavy atom. The van der Waals surface area contributed by atoms with E-state index in [-0.39, 0.29) is 5.69 Å². The van der Waals surface area contributed by atoms with Gasteiger partial charge in [0.05, 0.1) is 20.8 Å². The second-order valence-electron chi connectivity index (χ2n) is 5.70. The summed E-state index contributed by atoms with van der Waals surface area (Å²) in [6.45, 7) is 6.29. The number of nitrogens with zero attached hydrogens (tertiary/aromatic N) is 5. The number of thiazole rings is 1. The zero-order chi connectivity index (χ0) is 18.5. The number of aromatic nitrogens is 1. The summed E-state index contributed by atoms with van der Waals surface area (Å²) in [5, 5.41) is 19.7. The molecule has 7 nitrogen and oxygen atoms in total. The van der Waals surface area contributed by atoms with Crippen LogP contribution in [-0.2, 0) is 0 Å². The molecule has 1 aromatic heterocycles. The van der Waals surface area contributed by atoms with Crippen molar-refractivity contribution in [1.29, 1.82) is 0 Å². The topological polar surface area (TPSA) is 84.0 Å². The van der Waals surface area contributed by atoms with E-state index in [0.29, 0.717) is 10.6 Å². The average Bonchev–Trinajstić information content (AvgIpc) is 3.07. The van der Waals surface area contributed by atoms with E-state index < -0.39 is 4.92 Å². The van der Waals surface area contributed by atoms with Crippen LogP contribution in [0.5, 0.6) is 0 Å². The molecule has 0 bridgehead atoms. The first kappa shape index (κ1) is 17.9. The van der Waals surface area contributed by atoms with Gasteiger partial charge in [0.25, 0.3) is 5.69 Å². The number of nitro groups is 1. The molecule has 0 unspecified atom stereocenters. The Morgan fingerprint density at radius 3 is 2.58 bits per heavy atom. The fraction of sp³-hybridized carbons (Fsp3) is 0.278. The second kappa shape index (κ2) is 8.01. The average molecular weight is 369 g/mol. The Labute approximate surface area is 155 Å².